The smallest absolute Gasteiger partial charge is 0.251 e. The first kappa shape index (κ1) is 22.3. The maximum atomic E-state index is 12.8. The Morgan fingerprint density at radius 1 is 1.00 bits per heavy atom. The molecule has 0 aromatic heterocycles. The average molecular weight is 410 g/mol. The number of carbonyl (C=O) groups excluding carboxylic acids is 1. The molecule has 2 aromatic carbocycles. The number of amides is 1. The van der Waals surface area contributed by atoms with Crippen LogP contribution in [0.5, 0.6) is 5.75 Å². The zero-order valence-corrected chi connectivity index (χ0v) is 18.9. The van der Waals surface area contributed by atoms with E-state index in [4.69, 9.17) is 4.74 Å². The molecule has 1 N–H and O–H groups in total. The number of hydrogen-bond acceptors (Lipinski definition) is 4. The predicted octanol–water partition coefficient (Wildman–Crippen LogP) is 3.71. The second kappa shape index (κ2) is 9.63. The molecular formula is C25H35N3O2. The molecule has 1 fully saturated rings. The van der Waals surface area contributed by atoms with Crippen LogP contribution in [0.1, 0.15) is 48.3 Å². The lowest BCUT2D eigenvalue weighted by molar-refractivity contribution is 0.0886. The number of carbonyl (C=O) groups is 1. The zero-order chi connectivity index (χ0) is 21.7. The lowest BCUT2D eigenvalue weighted by Gasteiger charge is -2.38. The number of benzene rings is 2. The molecule has 0 radical (unpaired) electrons. The van der Waals surface area contributed by atoms with E-state index in [2.05, 4.69) is 67.2 Å². The van der Waals surface area contributed by atoms with Gasteiger partial charge in [0.25, 0.3) is 5.91 Å². The van der Waals surface area contributed by atoms with E-state index < -0.39 is 0 Å². The van der Waals surface area contributed by atoms with Gasteiger partial charge in [-0.1, -0.05) is 45.0 Å². The second-order valence-electron chi connectivity index (χ2n) is 9.17. The lowest BCUT2D eigenvalue weighted by Crippen LogP contribution is -2.48. The predicted molar refractivity (Wildman–Crippen MR) is 122 cm³/mol. The molecule has 1 aliphatic rings. The highest BCUT2D eigenvalue weighted by molar-refractivity contribution is 5.94. The van der Waals surface area contributed by atoms with Gasteiger partial charge in [0.1, 0.15) is 5.75 Å². The molecule has 5 nitrogen and oxygen atoms in total. The molecule has 0 aliphatic carbocycles. The summed E-state index contributed by atoms with van der Waals surface area (Å²) in [6, 6.07) is 16.3. The van der Waals surface area contributed by atoms with Crippen LogP contribution in [0.2, 0.25) is 0 Å². The van der Waals surface area contributed by atoms with Gasteiger partial charge < -0.3 is 15.0 Å². The van der Waals surface area contributed by atoms with Crippen molar-refractivity contribution in [1.29, 1.82) is 0 Å². The van der Waals surface area contributed by atoms with Crippen LogP contribution in [-0.2, 0) is 5.41 Å². The van der Waals surface area contributed by atoms with E-state index >= 15 is 0 Å². The Morgan fingerprint density at radius 3 is 2.13 bits per heavy atom. The molecule has 0 saturated carbocycles. The van der Waals surface area contributed by atoms with Crippen LogP contribution in [0.25, 0.3) is 0 Å². The fourth-order valence-electron chi connectivity index (χ4n) is 3.83. The highest BCUT2D eigenvalue weighted by atomic mass is 16.5. The Labute approximate surface area is 181 Å². The van der Waals surface area contributed by atoms with E-state index in [1.807, 2.05) is 24.3 Å². The molecule has 2 aromatic rings. The molecule has 5 heteroatoms. The molecule has 0 bridgehead atoms. The van der Waals surface area contributed by atoms with Crippen molar-refractivity contribution >= 4 is 5.91 Å². The molecule has 1 aliphatic heterocycles. The van der Waals surface area contributed by atoms with Gasteiger partial charge in [-0.3, -0.25) is 9.69 Å². The number of piperazine rings is 1. The van der Waals surface area contributed by atoms with E-state index in [9.17, 15) is 4.79 Å². The summed E-state index contributed by atoms with van der Waals surface area (Å²) in [7, 11) is 3.83. The van der Waals surface area contributed by atoms with E-state index in [1.165, 1.54) is 11.1 Å². The standard InChI is InChI=1S/C25H35N3O2/c1-25(2,3)21-10-6-20(7-11-21)24(29)26-18-23(28-16-14-27(4)15-17-28)19-8-12-22(30-5)13-9-19/h6-13,23H,14-18H2,1-5H3,(H,26,29)/t23-/m1/s1. The summed E-state index contributed by atoms with van der Waals surface area (Å²) in [5, 5.41) is 3.17. The monoisotopic (exact) mass is 409 g/mol. The van der Waals surface area contributed by atoms with Crippen LogP contribution in [0.4, 0.5) is 0 Å². The second-order valence-corrected chi connectivity index (χ2v) is 9.17. The van der Waals surface area contributed by atoms with Crippen molar-refractivity contribution in [3.8, 4) is 5.75 Å². The van der Waals surface area contributed by atoms with Gasteiger partial charge >= 0.3 is 0 Å². The summed E-state index contributed by atoms with van der Waals surface area (Å²) in [5.41, 5.74) is 3.21. The summed E-state index contributed by atoms with van der Waals surface area (Å²) >= 11 is 0. The average Bonchev–Trinajstić information content (AvgIpc) is 2.75. The van der Waals surface area contributed by atoms with Crippen LogP contribution in [0, 0.1) is 0 Å². The topological polar surface area (TPSA) is 44.8 Å². The van der Waals surface area contributed by atoms with Gasteiger partial charge in [-0.15, -0.1) is 0 Å². The number of methoxy groups -OCH3 is 1. The first-order valence-electron chi connectivity index (χ1n) is 10.7. The normalized spacial score (nSPS) is 16.8. The van der Waals surface area contributed by atoms with Crippen molar-refractivity contribution < 1.29 is 9.53 Å². The van der Waals surface area contributed by atoms with Crippen molar-refractivity contribution in [3.63, 3.8) is 0 Å². The maximum Gasteiger partial charge on any atom is 0.251 e. The number of nitrogens with one attached hydrogen (secondary N) is 1. The van der Waals surface area contributed by atoms with E-state index in [-0.39, 0.29) is 17.4 Å². The number of nitrogens with zero attached hydrogens (tertiary/aromatic N) is 2. The van der Waals surface area contributed by atoms with Crippen molar-refractivity contribution in [2.24, 2.45) is 0 Å². The molecule has 1 atom stereocenters. The summed E-state index contributed by atoms with van der Waals surface area (Å²) < 4.78 is 5.31. The maximum absolute atomic E-state index is 12.8. The first-order valence-corrected chi connectivity index (χ1v) is 10.7. The lowest BCUT2D eigenvalue weighted by atomic mass is 9.87. The van der Waals surface area contributed by atoms with Gasteiger partial charge in [0.05, 0.1) is 13.2 Å². The van der Waals surface area contributed by atoms with Crippen molar-refractivity contribution in [3.05, 3.63) is 65.2 Å². The van der Waals surface area contributed by atoms with E-state index in [1.54, 1.807) is 7.11 Å². The number of ether oxygens (including phenoxy) is 1. The largest absolute Gasteiger partial charge is 0.497 e. The van der Waals surface area contributed by atoms with Gasteiger partial charge in [-0.25, -0.2) is 0 Å². The Balaban J connectivity index is 1.71. The molecule has 30 heavy (non-hydrogen) atoms. The van der Waals surface area contributed by atoms with E-state index in [0.717, 1.165) is 31.9 Å². The molecule has 3 rings (SSSR count). The SMILES string of the molecule is COc1ccc([C@@H](CNC(=O)c2ccc(C(C)(C)C)cc2)N2CCN(C)CC2)cc1. The Kier molecular flexibility index (Phi) is 7.16. The fourth-order valence-corrected chi connectivity index (χ4v) is 3.83. The van der Waals surface area contributed by atoms with Crippen LogP contribution in [0.3, 0.4) is 0 Å². The van der Waals surface area contributed by atoms with Crippen molar-refractivity contribution in [1.82, 2.24) is 15.1 Å². The van der Waals surface area contributed by atoms with Crippen LogP contribution in [0.15, 0.2) is 48.5 Å². The summed E-state index contributed by atoms with van der Waals surface area (Å²) in [5.74, 6) is 0.821. The molecule has 162 valence electrons. The summed E-state index contributed by atoms with van der Waals surface area (Å²) in [6.45, 7) is 11.2. The number of likely N-dealkylation sites (N-methyl/N-ethyl adjacent to an activating group) is 1. The fraction of sp³-hybridized carbons (Fsp3) is 0.480. The molecule has 1 heterocycles. The minimum Gasteiger partial charge on any atom is -0.497 e. The summed E-state index contributed by atoms with van der Waals surface area (Å²) in [6.07, 6.45) is 0. The molecule has 1 saturated heterocycles. The summed E-state index contributed by atoms with van der Waals surface area (Å²) in [4.78, 5) is 17.6. The highest BCUT2D eigenvalue weighted by Gasteiger charge is 2.25. The Morgan fingerprint density at radius 2 is 1.60 bits per heavy atom. The molecule has 1 amide bonds. The highest BCUT2D eigenvalue weighted by Crippen LogP contribution is 2.25. The van der Waals surface area contributed by atoms with Crippen molar-refractivity contribution in [2.45, 2.75) is 32.2 Å². The molecular weight excluding hydrogens is 374 g/mol. The van der Waals surface area contributed by atoms with Crippen molar-refractivity contribution in [2.75, 3.05) is 46.9 Å². The van der Waals surface area contributed by atoms with Gasteiger partial charge in [0.2, 0.25) is 0 Å². The third-order valence-corrected chi connectivity index (χ3v) is 5.95. The minimum atomic E-state index is -0.0249. The number of hydrogen-bond donors (Lipinski definition) is 1. The van der Waals surface area contributed by atoms with Crippen LogP contribution >= 0.6 is 0 Å². The van der Waals surface area contributed by atoms with E-state index in [0.29, 0.717) is 12.1 Å². The van der Waals surface area contributed by atoms with Gasteiger partial charge in [-0.05, 0) is 47.9 Å². The number of rotatable bonds is 6. The Bertz CT molecular complexity index is 817. The third-order valence-electron chi connectivity index (χ3n) is 5.95. The van der Waals surface area contributed by atoms with Crippen LogP contribution < -0.4 is 10.1 Å². The Hall–Kier alpha value is -2.37. The molecule has 0 unspecified atom stereocenters. The zero-order valence-electron chi connectivity index (χ0n) is 18.9. The minimum absolute atomic E-state index is 0.0249. The third kappa shape index (κ3) is 5.61. The first-order chi connectivity index (χ1) is 14.3. The van der Waals surface area contributed by atoms with Gasteiger partial charge in [-0.2, -0.15) is 0 Å². The molecule has 0 spiro atoms. The van der Waals surface area contributed by atoms with Gasteiger partial charge in [0.15, 0.2) is 0 Å². The quantitative estimate of drug-likeness (QED) is 0.790. The van der Waals surface area contributed by atoms with Gasteiger partial charge in [0, 0.05) is 38.3 Å². The van der Waals surface area contributed by atoms with Crippen LogP contribution in [-0.4, -0.2) is 62.6 Å².